The Morgan fingerprint density at radius 1 is 1.11 bits per heavy atom. The SMILES string of the molecule is CCc1cc(C(=O)Nc2cc(F)c(-n3ccnc3CC)cc2F)n(-c2ccc3onc(N)c3c2)n1. The number of nitrogens with zero attached hydrogens (tertiary/aromatic N) is 5. The molecule has 0 radical (unpaired) electrons. The van der Waals surface area contributed by atoms with Crippen molar-refractivity contribution < 1.29 is 18.1 Å². The van der Waals surface area contributed by atoms with Crippen molar-refractivity contribution in [3.8, 4) is 11.4 Å². The van der Waals surface area contributed by atoms with E-state index in [1.54, 1.807) is 30.5 Å². The first-order valence-corrected chi connectivity index (χ1v) is 11.0. The van der Waals surface area contributed by atoms with Crippen molar-refractivity contribution in [1.82, 2.24) is 24.5 Å². The van der Waals surface area contributed by atoms with Crippen LogP contribution in [0, 0.1) is 11.6 Å². The maximum Gasteiger partial charge on any atom is 0.274 e. The Kier molecular flexibility index (Phi) is 5.51. The van der Waals surface area contributed by atoms with Gasteiger partial charge in [-0.3, -0.25) is 4.79 Å². The molecular weight excluding hydrogens is 456 g/mol. The molecule has 5 rings (SSSR count). The Balaban J connectivity index is 1.50. The first-order chi connectivity index (χ1) is 16.9. The molecule has 35 heavy (non-hydrogen) atoms. The van der Waals surface area contributed by atoms with Gasteiger partial charge in [0, 0.05) is 30.9 Å². The number of benzene rings is 2. The lowest BCUT2D eigenvalue weighted by Crippen LogP contribution is -2.18. The number of nitrogens with one attached hydrogen (secondary N) is 1. The molecule has 0 saturated heterocycles. The molecule has 3 N–H and O–H groups in total. The zero-order chi connectivity index (χ0) is 24.7. The number of hydrogen-bond acceptors (Lipinski definition) is 6. The van der Waals surface area contributed by atoms with Crippen molar-refractivity contribution in [2.75, 3.05) is 11.1 Å². The van der Waals surface area contributed by atoms with Crippen LogP contribution in [-0.2, 0) is 12.8 Å². The van der Waals surface area contributed by atoms with Gasteiger partial charge in [-0.2, -0.15) is 5.10 Å². The smallest absolute Gasteiger partial charge is 0.274 e. The van der Waals surface area contributed by atoms with Crippen molar-refractivity contribution >= 4 is 28.4 Å². The second kappa shape index (κ2) is 8.67. The summed E-state index contributed by atoms with van der Waals surface area (Å²) < 4.78 is 37.9. The molecule has 0 fully saturated rings. The average molecular weight is 477 g/mol. The van der Waals surface area contributed by atoms with Crippen LogP contribution in [0.5, 0.6) is 0 Å². The van der Waals surface area contributed by atoms with E-state index in [9.17, 15) is 13.6 Å². The first kappa shape index (κ1) is 22.3. The molecule has 0 saturated carbocycles. The van der Waals surface area contributed by atoms with E-state index < -0.39 is 17.5 Å². The summed E-state index contributed by atoms with van der Waals surface area (Å²) in [7, 11) is 0. The largest absolute Gasteiger partial charge is 0.380 e. The fourth-order valence-electron chi connectivity index (χ4n) is 3.86. The summed E-state index contributed by atoms with van der Waals surface area (Å²) >= 11 is 0. The molecule has 3 heterocycles. The van der Waals surface area contributed by atoms with Gasteiger partial charge in [0.05, 0.1) is 28.1 Å². The molecule has 0 spiro atoms. The Labute approximate surface area is 198 Å². The molecule has 0 atom stereocenters. The topological polar surface area (TPSA) is 117 Å². The number of halogens is 2. The number of nitrogens with two attached hydrogens (primary N) is 1. The van der Waals surface area contributed by atoms with Gasteiger partial charge in [-0.05, 0) is 30.7 Å². The van der Waals surface area contributed by atoms with E-state index in [0.29, 0.717) is 41.0 Å². The third-order valence-electron chi connectivity index (χ3n) is 5.66. The summed E-state index contributed by atoms with van der Waals surface area (Å²) in [5.74, 6) is -1.35. The number of amides is 1. The minimum absolute atomic E-state index is 0.00720. The van der Waals surface area contributed by atoms with Crippen LogP contribution < -0.4 is 11.1 Å². The van der Waals surface area contributed by atoms with Crippen molar-refractivity contribution in [2.24, 2.45) is 0 Å². The number of imidazole rings is 1. The quantitative estimate of drug-likeness (QED) is 0.374. The molecule has 0 aliphatic heterocycles. The normalized spacial score (nSPS) is 11.3. The van der Waals surface area contributed by atoms with Crippen molar-refractivity contribution in [3.05, 3.63) is 77.6 Å². The number of carbonyl (C=O) groups is 1. The van der Waals surface area contributed by atoms with Gasteiger partial charge in [0.1, 0.15) is 23.2 Å². The van der Waals surface area contributed by atoms with E-state index in [0.717, 1.165) is 12.1 Å². The molecule has 0 unspecified atom stereocenters. The fraction of sp³-hybridized carbons (Fsp3) is 0.167. The molecule has 9 nitrogen and oxygen atoms in total. The molecule has 11 heteroatoms. The van der Waals surface area contributed by atoms with Crippen LogP contribution in [0.25, 0.3) is 22.3 Å². The van der Waals surface area contributed by atoms with Crippen LogP contribution in [0.2, 0.25) is 0 Å². The van der Waals surface area contributed by atoms with Crippen LogP contribution in [0.4, 0.5) is 20.3 Å². The van der Waals surface area contributed by atoms with E-state index in [1.807, 2.05) is 13.8 Å². The van der Waals surface area contributed by atoms with Gasteiger partial charge in [-0.25, -0.2) is 18.4 Å². The molecule has 3 aromatic heterocycles. The standard InChI is InChI=1S/C24H21F2N7O2/c1-3-13-9-20(33(30-13)14-5-6-21-15(10-14)23(27)31-35-21)24(34)29-18-11-17(26)19(12-16(18)25)32-8-7-28-22(32)4-2/h5-12H,3-4H2,1-2H3,(H2,27,31)(H,29,34). The summed E-state index contributed by atoms with van der Waals surface area (Å²) in [5, 5.41) is 11.2. The predicted molar refractivity (Wildman–Crippen MR) is 126 cm³/mol. The van der Waals surface area contributed by atoms with Gasteiger partial charge in [-0.15, -0.1) is 0 Å². The first-order valence-electron chi connectivity index (χ1n) is 11.0. The van der Waals surface area contributed by atoms with Crippen molar-refractivity contribution in [1.29, 1.82) is 0 Å². The highest BCUT2D eigenvalue weighted by atomic mass is 19.1. The van der Waals surface area contributed by atoms with Gasteiger partial charge in [0.25, 0.3) is 5.91 Å². The number of anilines is 2. The van der Waals surface area contributed by atoms with E-state index in [-0.39, 0.29) is 22.9 Å². The number of fused-ring (bicyclic) bond motifs is 1. The molecule has 178 valence electrons. The summed E-state index contributed by atoms with van der Waals surface area (Å²) in [6.45, 7) is 3.76. The second-order valence-corrected chi connectivity index (χ2v) is 7.84. The monoisotopic (exact) mass is 477 g/mol. The lowest BCUT2D eigenvalue weighted by molar-refractivity contribution is 0.101. The summed E-state index contributed by atoms with van der Waals surface area (Å²) in [5.41, 5.74) is 7.37. The highest BCUT2D eigenvalue weighted by molar-refractivity contribution is 6.04. The Hall–Kier alpha value is -4.54. The van der Waals surface area contributed by atoms with Crippen molar-refractivity contribution in [3.63, 3.8) is 0 Å². The molecular formula is C24H21F2N7O2. The summed E-state index contributed by atoms with van der Waals surface area (Å²) in [4.78, 5) is 17.3. The van der Waals surface area contributed by atoms with Gasteiger partial charge in [0.2, 0.25) is 0 Å². The van der Waals surface area contributed by atoms with Crippen LogP contribution in [-0.4, -0.2) is 30.4 Å². The van der Waals surface area contributed by atoms with E-state index in [2.05, 4.69) is 20.6 Å². The molecule has 0 bridgehead atoms. The maximum atomic E-state index is 14.9. The molecule has 0 aliphatic rings. The predicted octanol–water partition coefficient (Wildman–Crippen LogP) is 4.44. The van der Waals surface area contributed by atoms with Gasteiger partial charge in [-0.1, -0.05) is 19.0 Å². The van der Waals surface area contributed by atoms with Gasteiger partial charge in [0.15, 0.2) is 11.4 Å². The third kappa shape index (κ3) is 3.90. The number of aromatic nitrogens is 5. The van der Waals surface area contributed by atoms with Crippen LogP contribution in [0.15, 0.2) is 53.3 Å². The molecule has 2 aromatic carbocycles. The van der Waals surface area contributed by atoms with Crippen LogP contribution in [0.1, 0.15) is 35.9 Å². The second-order valence-electron chi connectivity index (χ2n) is 7.84. The zero-order valence-corrected chi connectivity index (χ0v) is 18.9. The Morgan fingerprint density at radius 3 is 2.71 bits per heavy atom. The Morgan fingerprint density at radius 2 is 1.94 bits per heavy atom. The summed E-state index contributed by atoms with van der Waals surface area (Å²) in [6, 6.07) is 8.63. The van der Waals surface area contributed by atoms with Gasteiger partial charge < -0.3 is 20.1 Å². The number of aryl methyl sites for hydroxylation is 2. The van der Waals surface area contributed by atoms with E-state index in [1.165, 1.54) is 15.4 Å². The Bertz CT molecular complexity index is 1570. The number of hydrogen-bond donors (Lipinski definition) is 2. The minimum atomic E-state index is -0.786. The summed E-state index contributed by atoms with van der Waals surface area (Å²) in [6.07, 6.45) is 4.18. The number of rotatable bonds is 6. The third-order valence-corrected chi connectivity index (χ3v) is 5.66. The van der Waals surface area contributed by atoms with Crippen molar-refractivity contribution in [2.45, 2.75) is 26.7 Å². The molecule has 0 aliphatic carbocycles. The van der Waals surface area contributed by atoms with Gasteiger partial charge >= 0.3 is 0 Å². The average Bonchev–Trinajstić information content (AvgIpc) is 3.59. The highest BCUT2D eigenvalue weighted by Gasteiger charge is 2.21. The van der Waals surface area contributed by atoms with E-state index >= 15 is 0 Å². The van der Waals surface area contributed by atoms with Crippen LogP contribution in [0.3, 0.4) is 0 Å². The highest BCUT2D eigenvalue weighted by Crippen LogP contribution is 2.26. The number of carbonyl (C=O) groups excluding carboxylic acids is 1. The minimum Gasteiger partial charge on any atom is -0.380 e. The lowest BCUT2D eigenvalue weighted by atomic mass is 10.2. The maximum absolute atomic E-state index is 14.9. The number of nitrogen functional groups attached to an aromatic ring is 1. The molecule has 5 aromatic rings. The zero-order valence-electron chi connectivity index (χ0n) is 18.9. The van der Waals surface area contributed by atoms with E-state index in [4.69, 9.17) is 10.3 Å². The van der Waals surface area contributed by atoms with Crippen LogP contribution >= 0.6 is 0 Å². The molecule has 1 amide bonds. The fourth-order valence-corrected chi connectivity index (χ4v) is 3.86. The lowest BCUT2D eigenvalue weighted by Gasteiger charge is -2.12.